The van der Waals surface area contributed by atoms with Crippen LogP contribution >= 0.6 is 0 Å². The SMILES string of the molecule is COc1ccc(C2CC3=C(O2)C(=O)c2ccccc2C3=O)cc1. The Labute approximate surface area is 133 Å². The van der Waals surface area contributed by atoms with E-state index in [0.717, 1.165) is 11.3 Å². The first kappa shape index (κ1) is 13.8. The van der Waals surface area contributed by atoms with Crippen LogP contribution in [0.5, 0.6) is 5.75 Å². The summed E-state index contributed by atoms with van der Waals surface area (Å²) in [6, 6.07) is 14.4. The van der Waals surface area contributed by atoms with Crippen LogP contribution in [-0.4, -0.2) is 18.7 Å². The molecule has 0 amide bonds. The van der Waals surface area contributed by atoms with Crippen molar-refractivity contribution in [1.82, 2.24) is 0 Å². The summed E-state index contributed by atoms with van der Waals surface area (Å²) in [7, 11) is 1.61. The quantitative estimate of drug-likeness (QED) is 0.852. The third kappa shape index (κ3) is 2.06. The Morgan fingerprint density at radius 2 is 1.61 bits per heavy atom. The van der Waals surface area contributed by atoms with Crippen molar-refractivity contribution < 1.29 is 19.1 Å². The molecule has 4 rings (SSSR count). The first-order valence-corrected chi connectivity index (χ1v) is 7.41. The molecule has 114 valence electrons. The van der Waals surface area contributed by atoms with Crippen LogP contribution in [-0.2, 0) is 4.74 Å². The third-order valence-corrected chi connectivity index (χ3v) is 4.31. The van der Waals surface area contributed by atoms with Gasteiger partial charge in [0.2, 0.25) is 5.78 Å². The van der Waals surface area contributed by atoms with Gasteiger partial charge in [-0.1, -0.05) is 36.4 Å². The molecule has 1 atom stereocenters. The Kier molecular flexibility index (Phi) is 3.05. The maximum Gasteiger partial charge on any atom is 0.228 e. The molecule has 1 unspecified atom stereocenters. The van der Waals surface area contributed by atoms with E-state index in [1.165, 1.54) is 0 Å². The number of carbonyl (C=O) groups is 2. The Bertz CT molecular complexity index is 799. The van der Waals surface area contributed by atoms with Crippen molar-refractivity contribution in [3.8, 4) is 5.75 Å². The number of Topliss-reactive ketones (excluding diaryl/α,β-unsaturated/α-hetero) is 2. The zero-order valence-electron chi connectivity index (χ0n) is 12.5. The van der Waals surface area contributed by atoms with Gasteiger partial charge in [0.15, 0.2) is 11.5 Å². The molecule has 4 heteroatoms. The van der Waals surface area contributed by atoms with Crippen LogP contribution in [0.3, 0.4) is 0 Å². The molecule has 1 aliphatic carbocycles. The Hall–Kier alpha value is -2.88. The van der Waals surface area contributed by atoms with Gasteiger partial charge >= 0.3 is 0 Å². The summed E-state index contributed by atoms with van der Waals surface area (Å²) in [6.07, 6.45) is 0.105. The van der Waals surface area contributed by atoms with Crippen LogP contribution in [0.15, 0.2) is 59.9 Å². The van der Waals surface area contributed by atoms with Gasteiger partial charge < -0.3 is 9.47 Å². The number of hydrogen-bond acceptors (Lipinski definition) is 4. The highest BCUT2D eigenvalue weighted by Crippen LogP contribution is 2.42. The number of allylic oxidation sites excluding steroid dienone is 1. The standard InChI is InChI=1S/C19H14O4/c1-22-12-8-6-11(7-9-12)16-10-15-17(20)13-4-2-3-5-14(13)18(21)19(15)23-16/h2-9,16H,10H2,1H3. The maximum atomic E-state index is 12.6. The largest absolute Gasteiger partial charge is 0.497 e. The fraction of sp³-hybridized carbons (Fsp3) is 0.158. The highest BCUT2D eigenvalue weighted by molar-refractivity contribution is 6.26. The number of benzene rings is 2. The summed E-state index contributed by atoms with van der Waals surface area (Å²) in [5.41, 5.74) is 2.29. The van der Waals surface area contributed by atoms with Gasteiger partial charge in [0.05, 0.1) is 12.7 Å². The first-order valence-electron chi connectivity index (χ1n) is 7.41. The summed E-state index contributed by atoms with van der Waals surface area (Å²) in [6.45, 7) is 0. The Morgan fingerprint density at radius 3 is 2.26 bits per heavy atom. The minimum absolute atomic E-state index is 0.105. The van der Waals surface area contributed by atoms with E-state index in [0.29, 0.717) is 23.1 Å². The molecule has 1 aliphatic heterocycles. The van der Waals surface area contributed by atoms with Crippen LogP contribution in [0.25, 0.3) is 0 Å². The van der Waals surface area contributed by atoms with Crippen LogP contribution in [0, 0.1) is 0 Å². The van der Waals surface area contributed by atoms with Gasteiger partial charge in [0.25, 0.3) is 0 Å². The lowest BCUT2D eigenvalue weighted by atomic mass is 9.87. The average molecular weight is 306 g/mol. The fourth-order valence-electron chi connectivity index (χ4n) is 3.09. The van der Waals surface area contributed by atoms with Crippen molar-refractivity contribution in [1.29, 1.82) is 0 Å². The molecular weight excluding hydrogens is 292 g/mol. The maximum absolute atomic E-state index is 12.6. The lowest BCUT2D eigenvalue weighted by Crippen LogP contribution is -2.19. The molecule has 0 aromatic heterocycles. The Balaban J connectivity index is 1.67. The first-order chi connectivity index (χ1) is 11.2. The van der Waals surface area contributed by atoms with Gasteiger partial charge in [-0.3, -0.25) is 9.59 Å². The average Bonchev–Trinajstić information content (AvgIpc) is 3.05. The highest BCUT2D eigenvalue weighted by atomic mass is 16.5. The summed E-state index contributed by atoms with van der Waals surface area (Å²) in [5.74, 6) is 0.649. The van der Waals surface area contributed by atoms with E-state index in [1.807, 2.05) is 24.3 Å². The van der Waals surface area contributed by atoms with Crippen LogP contribution in [0.4, 0.5) is 0 Å². The van der Waals surface area contributed by atoms with E-state index >= 15 is 0 Å². The number of hydrogen-bond donors (Lipinski definition) is 0. The second kappa shape index (κ2) is 5.09. The lowest BCUT2D eigenvalue weighted by molar-refractivity contribution is 0.0840. The van der Waals surface area contributed by atoms with Crippen molar-refractivity contribution in [3.05, 3.63) is 76.6 Å². The van der Waals surface area contributed by atoms with Crippen LogP contribution < -0.4 is 4.74 Å². The van der Waals surface area contributed by atoms with Crippen molar-refractivity contribution in [2.45, 2.75) is 12.5 Å². The topological polar surface area (TPSA) is 52.6 Å². The number of carbonyl (C=O) groups excluding carboxylic acids is 2. The zero-order valence-corrected chi connectivity index (χ0v) is 12.5. The van der Waals surface area contributed by atoms with E-state index < -0.39 is 0 Å². The molecule has 0 saturated heterocycles. The molecule has 0 bridgehead atoms. The van der Waals surface area contributed by atoms with E-state index in [9.17, 15) is 9.59 Å². The molecule has 2 aromatic carbocycles. The number of methoxy groups -OCH3 is 1. The molecule has 0 N–H and O–H groups in total. The molecule has 0 radical (unpaired) electrons. The molecule has 0 saturated carbocycles. The predicted molar refractivity (Wildman–Crippen MR) is 83.6 cm³/mol. The van der Waals surface area contributed by atoms with Gasteiger partial charge in [0, 0.05) is 17.5 Å². The predicted octanol–water partition coefficient (Wildman–Crippen LogP) is 3.49. The van der Waals surface area contributed by atoms with E-state index in [2.05, 4.69) is 0 Å². The van der Waals surface area contributed by atoms with Crippen molar-refractivity contribution >= 4 is 11.6 Å². The second-order valence-corrected chi connectivity index (χ2v) is 5.60. The van der Waals surface area contributed by atoms with E-state index in [1.54, 1.807) is 31.4 Å². The molecule has 4 nitrogen and oxygen atoms in total. The third-order valence-electron chi connectivity index (χ3n) is 4.31. The molecule has 23 heavy (non-hydrogen) atoms. The summed E-state index contributed by atoms with van der Waals surface area (Å²) in [5, 5.41) is 0. The van der Waals surface area contributed by atoms with E-state index in [4.69, 9.17) is 9.47 Å². The molecule has 2 aromatic rings. The van der Waals surface area contributed by atoms with Crippen LogP contribution in [0.2, 0.25) is 0 Å². The highest BCUT2D eigenvalue weighted by Gasteiger charge is 2.40. The number of fused-ring (bicyclic) bond motifs is 1. The lowest BCUT2D eigenvalue weighted by Gasteiger charge is -2.15. The van der Waals surface area contributed by atoms with E-state index in [-0.39, 0.29) is 23.4 Å². The summed E-state index contributed by atoms with van der Waals surface area (Å²) < 4.78 is 11.0. The fourth-order valence-corrected chi connectivity index (χ4v) is 3.09. The molecule has 0 spiro atoms. The number of ether oxygens (including phenoxy) is 2. The van der Waals surface area contributed by atoms with Crippen molar-refractivity contribution in [3.63, 3.8) is 0 Å². The summed E-state index contributed by atoms with van der Waals surface area (Å²) >= 11 is 0. The summed E-state index contributed by atoms with van der Waals surface area (Å²) in [4.78, 5) is 25.2. The zero-order chi connectivity index (χ0) is 16.0. The normalized spacial score (nSPS) is 19.3. The van der Waals surface area contributed by atoms with Gasteiger partial charge in [-0.25, -0.2) is 0 Å². The minimum Gasteiger partial charge on any atom is -0.497 e. The molecule has 0 fully saturated rings. The van der Waals surface area contributed by atoms with Gasteiger partial charge in [-0.2, -0.15) is 0 Å². The number of rotatable bonds is 2. The number of ketones is 2. The monoisotopic (exact) mass is 306 g/mol. The Morgan fingerprint density at radius 1 is 0.957 bits per heavy atom. The van der Waals surface area contributed by atoms with Crippen LogP contribution in [0.1, 0.15) is 38.8 Å². The van der Waals surface area contributed by atoms with Crippen molar-refractivity contribution in [2.75, 3.05) is 7.11 Å². The van der Waals surface area contributed by atoms with Gasteiger partial charge in [-0.05, 0) is 17.7 Å². The smallest absolute Gasteiger partial charge is 0.228 e. The minimum atomic E-state index is -0.312. The molecule has 2 aliphatic rings. The molecular formula is C19H14O4. The van der Waals surface area contributed by atoms with Gasteiger partial charge in [0.1, 0.15) is 11.9 Å². The molecule has 1 heterocycles. The van der Waals surface area contributed by atoms with Crippen molar-refractivity contribution in [2.24, 2.45) is 0 Å². The second-order valence-electron chi connectivity index (χ2n) is 5.60. The van der Waals surface area contributed by atoms with Gasteiger partial charge in [-0.15, -0.1) is 0 Å².